The Morgan fingerprint density at radius 3 is 2.17 bits per heavy atom. The van der Waals surface area contributed by atoms with Gasteiger partial charge in [0.1, 0.15) is 0 Å². The van der Waals surface area contributed by atoms with Gasteiger partial charge < -0.3 is 5.73 Å². The Balaban J connectivity index is 2.00. The molecule has 1 saturated carbocycles. The van der Waals surface area contributed by atoms with Crippen LogP contribution in [0.5, 0.6) is 0 Å². The number of hydrogen-bond acceptors (Lipinski definition) is 3. The maximum Gasteiger partial charge on any atom is 0.233 e. The Labute approximate surface area is 109 Å². The first-order chi connectivity index (χ1) is 8.35. The maximum atomic E-state index is 12.2. The fourth-order valence-electron chi connectivity index (χ4n) is 3.08. The summed E-state index contributed by atoms with van der Waals surface area (Å²) in [7, 11) is 0. The predicted molar refractivity (Wildman–Crippen MR) is 69.6 cm³/mol. The third-order valence-electron chi connectivity index (χ3n) is 4.53. The molecular weight excluding hydrogens is 228 g/mol. The number of nitrogens with zero attached hydrogens (tertiary/aromatic N) is 1. The Morgan fingerprint density at radius 2 is 1.72 bits per heavy atom. The predicted octanol–water partition coefficient (Wildman–Crippen LogP) is 1.39. The number of rotatable bonds is 4. The van der Waals surface area contributed by atoms with Gasteiger partial charge in [0.25, 0.3) is 0 Å². The van der Waals surface area contributed by atoms with Crippen molar-refractivity contribution in [2.75, 3.05) is 13.1 Å². The molecule has 2 unspecified atom stereocenters. The molecule has 0 aromatic heterocycles. The van der Waals surface area contributed by atoms with Gasteiger partial charge in [-0.1, -0.05) is 20.8 Å². The molecule has 4 heteroatoms. The van der Waals surface area contributed by atoms with Gasteiger partial charge in [-0.2, -0.15) is 0 Å². The van der Waals surface area contributed by atoms with Crippen LogP contribution in [0.1, 0.15) is 40.0 Å². The quantitative estimate of drug-likeness (QED) is 0.769. The molecule has 0 radical (unpaired) electrons. The average Bonchev–Trinajstić information content (AvgIpc) is 2.78. The summed E-state index contributed by atoms with van der Waals surface area (Å²) in [4.78, 5) is 25.9. The summed E-state index contributed by atoms with van der Waals surface area (Å²) in [5.74, 6) is 0.557. The van der Waals surface area contributed by atoms with Crippen LogP contribution in [0.3, 0.4) is 0 Å². The van der Waals surface area contributed by atoms with E-state index in [0.29, 0.717) is 19.0 Å². The number of amides is 2. The summed E-state index contributed by atoms with van der Waals surface area (Å²) < 4.78 is 0. The molecule has 2 fully saturated rings. The van der Waals surface area contributed by atoms with Crippen LogP contribution in [0.2, 0.25) is 0 Å². The second kappa shape index (κ2) is 4.65. The largest absolute Gasteiger partial charge is 0.330 e. The van der Waals surface area contributed by atoms with Gasteiger partial charge in [-0.25, -0.2) is 0 Å². The van der Waals surface area contributed by atoms with E-state index in [1.165, 1.54) is 4.90 Å². The smallest absolute Gasteiger partial charge is 0.233 e. The third kappa shape index (κ3) is 2.30. The molecule has 4 nitrogen and oxygen atoms in total. The van der Waals surface area contributed by atoms with Crippen molar-refractivity contribution in [2.45, 2.75) is 40.0 Å². The Bertz CT molecular complexity index is 341. The number of nitrogens with two attached hydrogens (primary N) is 1. The van der Waals surface area contributed by atoms with Crippen molar-refractivity contribution in [1.29, 1.82) is 0 Å². The van der Waals surface area contributed by atoms with Gasteiger partial charge in [0.05, 0.1) is 11.8 Å². The first kappa shape index (κ1) is 13.5. The molecule has 1 heterocycles. The van der Waals surface area contributed by atoms with Gasteiger partial charge in [0.2, 0.25) is 11.8 Å². The monoisotopic (exact) mass is 252 g/mol. The molecular formula is C14H24N2O2. The minimum atomic E-state index is -0.0338. The van der Waals surface area contributed by atoms with E-state index in [4.69, 9.17) is 5.73 Å². The van der Waals surface area contributed by atoms with E-state index < -0.39 is 0 Å². The molecule has 0 aromatic rings. The van der Waals surface area contributed by atoms with Crippen LogP contribution in [-0.4, -0.2) is 29.8 Å². The van der Waals surface area contributed by atoms with E-state index in [1.807, 2.05) is 0 Å². The van der Waals surface area contributed by atoms with Gasteiger partial charge in [0, 0.05) is 6.54 Å². The van der Waals surface area contributed by atoms with E-state index in [2.05, 4.69) is 20.8 Å². The molecule has 2 atom stereocenters. The first-order valence-electron chi connectivity index (χ1n) is 6.91. The van der Waals surface area contributed by atoms with Crippen LogP contribution in [0, 0.1) is 23.2 Å². The standard InChI is InChI=1S/C14H24N2O2/c1-9-6-10-11(7-9)13(18)16(12(10)17)5-4-14(2,3)8-15/h9-11H,4-8,15H2,1-3H3. The van der Waals surface area contributed by atoms with Crippen LogP contribution < -0.4 is 5.73 Å². The molecule has 0 bridgehead atoms. The van der Waals surface area contributed by atoms with Gasteiger partial charge in [-0.05, 0) is 37.1 Å². The fraction of sp³-hybridized carbons (Fsp3) is 0.857. The molecule has 102 valence electrons. The number of likely N-dealkylation sites (tertiary alicyclic amines) is 1. The first-order valence-corrected chi connectivity index (χ1v) is 6.91. The van der Waals surface area contributed by atoms with Crippen molar-refractivity contribution in [3.63, 3.8) is 0 Å². The second-order valence-corrected chi connectivity index (χ2v) is 6.74. The normalized spacial score (nSPS) is 32.2. The van der Waals surface area contributed by atoms with Gasteiger partial charge in [-0.15, -0.1) is 0 Å². The highest BCUT2D eigenvalue weighted by Gasteiger charge is 2.51. The van der Waals surface area contributed by atoms with Crippen LogP contribution in [-0.2, 0) is 9.59 Å². The lowest BCUT2D eigenvalue weighted by molar-refractivity contribution is -0.140. The number of hydrogen-bond donors (Lipinski definition) is 1. The van der Waals surface area contributed by atoms with Crippen molar-refractivity contribution < 1.29 is 9.59 Å². The molecule has 1 aliphatic heterocycles. The fourth-order valence-corrected chi connectivity index (χ4v) is 3.08. The maximum absolute atomic E-state index is 12.2. The summed E-state index contributed by atoms with van der Waals surface area (Å²) in [5.41, 5.74) is 5.67. The number of fused-ring (bicyclic) bond motifs is 1. The SMILES string of the molecule is CC1CC2C(=O)N(CCC(C)(C)CN)C(=O)C2C1. The lowest BCUT2D eigenvalue weighted by atomic mass is 9.89. The van der Waals surface area contributed by atoms with Crippen LogP contribution in [0.15, 0.2) is 0 Å². The zero-order chi connectivity index (χ0) is 13.5. The van der Waals surface area contributed by atoms with Crippen LogP contribution >= 0.6 is 0 Å². The Kier molecular flexibility index (Phi) is 3.49. The Hall–Kier alpha value is -0.900. The zero-order valence-electron chi connectivity index (χ0n) is 11.6. The van der Waals surface area contributed by atoms with E-state index in [1.54, 1.807) is 0 Å². The van der Waals surface area contributed by atoms with Crippen molar-refractivity contribution in [3.8, 4) is 0 Å². The average molecular weight is 252 g/mol. The van der Waals surface area contributed by atoms with Crippen molar-refractivity contribution in [1.82, 2.24) is 4.90 Å². The van der Waals surface area contributed by atoms with E-state index >= 15 is 0 Å². The third-order valence-corrected chi connectivity index (χ3v) is 4.53. The second-order valence-electron chi connectivity index (χ2n) is 6.74. The minimum Gasteiger partial charge on any atom is -0.330 e. The van der Waals surface area contributed by atoms with Crippen LogP contribution in [0.25, 0.3) is 0 Å². The molecule has 0 spiro atoms. The molecule has 2 amide bonds. The lowest BCUT2D eigenvalue weighted by Crippen LogP contribution is -2.36. The molecule has 2 aliphatic rings. The van der Waals surface area contributed by atoms with Crippen molar-refractivity contribution in [3.05, 3.63) is 0 Å². The van der Waals surface area contributed by atoms with E-state index in [0.717, 1.165) is 19.3 Å². The van der Waals surface area contributed by atoms with E-state index in [-0.39, 0.29) is 29.1 Å². The number of carbonyl (C=O) groups is 2. The summed E-state index contributed by atoms with van der Waals surface area (Å²) in [6.45, 7) is 7.37. The molecule has 1 saturated heterocycles. The van der Waals surface area contributed by atoms with E-state index in [9.17, 15) is 9.59 Å². The highest BCUT2D eigenvalue weighted by molar-refractivity contribution is 6.05. The summed E-state index contributed by atoms with van der Waals surface area (Å²) in [6.07, 6.45) is 2.55. The summed E-state index contributed by atoms with van der Waals surface area (Å²) >= 11 is 0. The highest BCUT2D eigenvalue weighted by atomic mass is 16.2. The van der Waals surface area contributed by atoms with Gasteiger partial charge in [0.15, 0.2) is 0 Å². The number of carbonyl (C=O) groups excluding carboxylic acids is 2. The topological polar surface area (TPSA) is 63.4 Å². The lowest BCUT2D eigenvalue weighted by Gasteiger charge is -2.25. The molecule has 2 N–H and O–H groups in total. The molecule has 18 heavy (non-hydrogen) atoms. The van der Waals surface area contributed by atoms with Crippen LogP contribution in [0.4, 0.5) is 0 Å². The highest BCUT2D eigenvalue weighted by Crippen LogP contribution is 2.43. The molecule has 2 rings (SSSR count). The zero-order valence-corrected chi connectivity index (χ0v) is 11.6. The summed E-state index contributed by atoms with van der Waals surface area (Å²) in [6, 6.07) is 0. The molecule has 0 aromatic carbocycles. The van der Waals surface area contributed by atoms with Gasteiger partial charge in [-0.3, -0.25) is 14.5 Å². The van der Waals surface area contributed by atoms with Gasteiger partial charge >= 0.3 is 0 Å². The summed E-state index contributed by atoms with van der Waals surface area (Å²) in [5, 5.41) is 0. The van der Waals surface area contributed by atoms with Crippen molar-refractivity contribution >= 4 is 11.8 Å². The minimum absolute atomic E-state index is 0.00838. The molecule has 1 aliphatic carbocycles. The number of imide groups is 1. The Morgan fingerprint density at radius 1 is 1.22 bits per heavy atom. The van der Waals surface area contributed by atoms with Crippen molar-refractivity contribution in [2.24, 2.45) is 28.9 Å².